The molecule has 0 bridgehead atoms. The number of rotatable bonds is 4. The molecule has 1 nitrogen and oxygen atoms in total. The van der Waals surface area contributed by atoms with E-state index in [0.29, 0.717) is 24.1 Å². The number of hydrogen-bond acceptors (Lipinski definition) is 3. The SMILES string of the molecule is Fc1ccc(SOSc2ccc(F)cc2F)c(F)c1. The molecule has 0 fully saturated rings. The Bertz CT molecular complexity index is 540. The quantitative estimate of drug-likeness (QED) is 0.583. The van der Waals surface area contributed by atoms with Crippen LogP contribution in [0.4, 0.5) is 17.6 Å². The maximum Gasteiger partial charge on any atom is 0.142 e. The summed E-state index contributed by atoms with van der Waals surface area (Å²) in [4.78, 5) is 0.132. The lowest BCUT2D eigenvalue weighted by Crippen LogP contribution is -1.85. The molecule has 0 heterocycles. The van der Waals surface area contributed by atoms with Crippen LogP contribution in [0.2, 0.25) is 0 Å². The molecule has 0 aromatic heterocycles. The van der Waals surface area contributed by atoms with Crippen molar-refractivity contribution in [1.82, 2.24) is 0 Å². The van der Waals surface area contributed by atoms with E-state index in [1.165, 1.54) is 12.1 Å². The smallest absolute Gasteiger partial charge is 0.142 e. The molecule has 0 N–H and O–H groups in total. The summed E-state index contributed by atoms with van der Waals surface area (Å²) in [6.07, 6.45) is 0. The van der Waals surface area contributed by atoms with E-state index < -0.39 is 23.3 Å². The molecule has 0 saturated heterocycles. The number of halogens is 4. The molecule has 100 valence electrons. The summed E-state index contributed by atoms with van der Waals surface area (Å²) in [5.74, 6) is -2.94. The van der Waals surface area contributed by atoms with Crippen molar-refractivity contribution in [2.45, 2.75) is 9.79 Å². The van der Waals surface area contributed by atoms with Crippen molar-refractivity contribution >= 4 is 24.1 Å². The average molecular weight is 306 g/mol. The van der Waals surface area contributed by atoms with Crippen molar-refractivity contribution in [3.63, 3.8) is 0 Å². The highest BCUT2D eigenvalue weighted by molar-refractivity contribution is 8.07. The molecular weight excluding hydrogens is 300 g/mol. The molecule has 0 saturated carbocycles. The summed E-state index contributed by atoms with van der Waals surface area (Å²) in [6.45, 7) is 0. The van der Waals surface area contributed by atoms with Gasteiger partial charge in [0.15, 0.2) is 0 Å². The van der Waals surface area contributed by atoms with Crippen molar-refractivity contribution in [3.8, 4) is 0 Å². The van der Waals surface area contributed by atoms with Crippen molar-refractivity contribution in [2.24, 2.45) is 0 Å². The van der Waals surface area contributed by atoms with Gasteiger partial charge in [0.2, 0.25) is 0 Å². The Morgan fingerprint density at radius 1 is 0.684 bits per heavy atom. The molecule has 19 heavy (non-hydrogen) atoms. The Hall–Kier alpha value is -1.18. The molecule has 2 rings (SSSR count). The van der Waals surface area contributed by atoms with Crippen molar-refractivity contribution < 1.29 is 21.2 Å². The fraction of sp³-hybridized carbons (Fsp3) is 0. The third-order valence-electron chi connectivity index (χ3n) is 2.04. The van der Waals surface area contributed by atoms with E-state index in [1.807, 2.05) is 0 Å². The van der Waals surface area contributed by atoms with Crippen molar-refractivity contribution in [1.29, 1.82) is 0 Å². The van der Waals surface area contributed by atoms with E-state index >= 15 is 0 Å². The molecule has 0 aliphatic carbocycles. The Balaban J connectivity index is 1.96. The second-order valence-corrected chi connectivity index (χ2v) is 5.14. The fourth-order valence-electron chi connectivity index (χ4n) is 1.18. The molecule has 0 unspecified atom stereocenters. The lowest BCUT2D eigenvalue weighted by atomic mass is 10.3. The van der Waals surface area contributed by atoms with Crippen LogP contribution in [0.3, 0.4) is 0 Å². The lowest BCUT2D eigenvalue weighted by Gasteiger charge is -2.03. The van der Waals surface area contributed by atoms with Crippen LogP contribution >= 0.6 is 24.1 Å². The zero-order valence-corrected chi connectivity index (χ0v) is 10.8. The Morgan fingerprint density at radius 3 is 1.47 bits per heavy atom. The predicted octanol–water partition coefficient (Wildman–Crippen LogP) is 4.97. The third-order valence-corrected chi connectivity index (χ3v) is 3.60. The maximum atomic E-state index is 13.2. The molecule has 0 radical (unpaired) electrons. The average Bonchev–Trinajstić information content (AvgIpc) is 2.34. The first-order chi connectivity index (χ1) is 9.06. The molecule has 0 spiro atoms. The first kappa shape index (κ1) is 14.2. The van der Waals surface area contributed by atoms with Crippen LogP contribution in [0.5, 0.6) is 0 Å². The Morgan fingerprint density at radius 2 is 1.11 bits per heavy atom. The van der Waals surface area contributed by atoms with E-state index in [4.69, 9.17) is 3.63 Å². The molecule has 0 atom stereocenters. The Labute approximate surface area is 115 Å². The van der Waals surface area contributed by atoms with E-state index in [2.05, 4.69) is 0 Å². The monoisotopic (exact) mass is 306 g/mol. The topological polar surface area (TPSA) is 9.23 Å². The molecular formula is C12H6F4OS2. The standard InChI is InChI=1S/C12H6F4OS2/c13-7-1-3-11(9(15)5-7)18-17-19-12-4-2-8(14)6-10(12)16/h1-6H. The minimum Gasteiger partial charge on any atom is -0.237 e. The molecule has 0 amide bonds. The van der Waals surface area contributed by atoms with Gasteiger partial charge < -0.3 is 0 Å². The highest BCUT2D eigenvalue weighted by atomic mass is 32.2. The van der Waals surface area contributed by atoms with Crippen LogP contribution in [0.15, 0.2) is 46.2 Å². The van der Waals surface area contributed by atoms with E-state index in [0.717, 1.165) is 24.3 Å². The zero-order valence-electron chi connectivity index (χ0n) is 9.20. The molecule has 7 heteroatoms. The second kappa shape index (κ2) is 6.31. The van der Waals surface area contributed by atoms with Gasteiger partial charge in [-0.1, -0.05) is 0 Å². The van der Waals surface area contributed by atoms with Gasteiger partial charge in [0.05, 0.1) is 9.79 Å². The minimum absolute atomic E-state index is 0.0661. The van der Waals surface area contributed by atoms with Gasteiger partial charge >= 0.3 is 0 Å². The van der Waals surface area contributed by atoms with Crippen molar-refractivity contribution in [3.05, 3.63) is 59.7 Å². The van der Waals surface area contributed by atoms with Crippen LogP contribution in [0, 0.1) is 23.3 Å². The number of hydrogen-bond donors (Lipinski definition) is 0. The predicted molar refractivity (Wildman–Crippen MR) is 65.5 cm³/mol. The van der Waals surface area contributed by atoms with Crippen LogP contribution < -0.4 is 0 Å². The van der Waals surface area contributed by atoms with Gasteiger partial charge in [-0.15, -0.1) is 0 Å². The zero-order chi connectivity index (χ0) is 13.8. The number of benzene rings is 2. The molecule has 0 aliphatic rings. The summed E-state index contributed by atoms with van der Waals surface area (Å²) < 4.78 is 56.7. The minimum atomic E-state index is -0.773. The fourth-order valence-corrected chi connectivity index (χ4v) is 2.42. The molecule has 2 aromatic carbocycles. The summed E-state index contributed by atoms with van der Waals surface area (Å²) in [5.41, 5.74) is 0. The molecule has 0 aliphatic heterocycles. The van der Waals surface area contributed by atoms with E-state index in [-0.39, 0.29) is 9.79 Å². The largest absolute Gasteiger partial charge is 0.237 e. The van der Waals surface area contributed by atoms with Crippen LogP contribution in [-0.4, -0.2) is 0 Å². The van der Waals surface area contributed by atoms with Crippen molar-refractivity contribution in [2.75, 3.05) is 0 Å². The maximum absolute atomic E-state index is 13.2. The van der Waals surface area contributed by atoms with Gasteiger partial charge in [-0.3, -0.25) is 0 Å². The first-order valence-electron chi connectivity index (χ1n) is 4.97. The first-order valence-corrected chi connectivity index (χ1v) is 6.46. The Kier molecular flexibility index (Phi) is 4.73. The van der Waals surface area contributed by atoms with Gasteiger partial charge in [0.1, 0.15) is 23.3 Å². The van der Waals surface area contributed by atoms with Crippen LogP contribution in [-0.2, 0) is 3.63 Å². The van der Waals surface area contributed by atoms with Gasteiger partial charge in [-0.2, -0.15) is 0 Å². The normalized spacial score (nSPS) is 10.7. The summed E-state index contributed by atoms with van der Waals surface area (Å²) in [7, 11) is 0. The van der Waals surface area contributed by atoms with E-state index in [1.54, 1.807) is 0 Å². The van der Waals surface area contributed by atoms with Crippen LogP contribution in [0.25, 0.3) is 0 Å². The summed E-state index contributed by atoms with van der Waals surface area (Å²) in [5, 5.41) is 0. The highest BCUT2D eigenvalue weighted by Crippen LogP contribution is 2.32. The summed E-state index contributed by atoms with van der Waals surface area (Å²) >= 11 is 1.25. The molecule has 2 aromatic rings. The summed E-state index contributed by atoms with van der Waals surface area (Å²) in [6, 6.07) is 6.01. The van der Waals surface area contributed by atoms with Gasteiger partial charge in [0.25, 0.3) is 0 Å². The van der Waals surface area contributed by atoms with Gasteiger partial charge in [-0.25, -0.2) is 21.2 Å². The third kappa shape index (κ3) is 3.89. The second-order valence-electron chi connectivity index (χ2n) is 3.38. The van der Waals surface area contributed by atoms with Gasteiger partial charge in [-0.05, 0) is 24.3 Å². The van der Waals surface area contributed by atoms with E-state index in [9.17, 15) is 17.6 Å². The van der Waals surface area contributed by atoms with Crippen LogP contribution in [0.1, 0.15) is 0 Å². The van der Waals surface area contributed by atoms with Gasteiger partial charge in [0, 0.05) is 36.2 Å². The lowest BCUT2D eigenvalue weighted by molar-refractivity contribution is 0.561. The highest BCUT2D eigenvalue weighted by Gasteiger charge is 2.08.